The van der Waals surface area contributed by atoms with E-state index < -0.39 is 47.3 Å². The van der Waals surface area contributed by atoms with Crippen molar-refractivity contribution in [3.63, 3.8) is 0 Å². The first-order valence-corrected chi connectivity index (χ1v) is 6.42. The minimum absolute atomic E-state index is 0. The van der Waals surface area contributed by atoms with Crippen LogP contribution in [0.5, 0.6) is 0 Å². The molecule has 0 aromatic carbocycles. The zero-order valence-corrected chi connectivity index (χ0v) is 13.9. The first-order chi connectivity index (χ1) is 9.07. The molecule has 1 radical (unpaired) electrons. The van der Waals surface area contributed by atoms with Gasteiger partial charge in [0.2, 0.25) is 11.8 Å². The molecule has 0 saturated heterocycles. The molecule has 0 aliphatic carbocycles. The number of carboxylic acids is 2. The van der Waals surface area contributed by atoms with Crippen molar-refractivity contribution in [1.29, 1.82) is 0 Å². The van der Waals surface area contributed by atoms with Gasteiger partial charge in [0.1, 0.15) is 0 Å². The average Bonchev–Trinajstić information content (AvgIpc) is 2.33. The summed E-state index contributed by atoms with van der Waals surface area (Å²) in [6, 6.07) is 0. The van der Waals surface area contributed by atoms with Crippen LogP contribution in [0.1, 0.15) is 13.8 Å². The molecule has 0 spiro atoms. The Bertz CT molecular complexity index is 331. The van der Waals surface area contributed by atoms with Gasteiger partial charge < -0.3 is 30.4 Å². The van der Waals surface area contributed by atoms with E-state index in [0.717, 1.165) is 0 Å². The maximum atomic E-state index is 10.6. The number of aliphatic carboxylic acids is 2. The largest absolute Gasteiger partial charge is 2.00 e. The summed E-state index contributed by atoms with van der Waals surface area (Å²) < 4.78 is 0. The maximum absolute atomic E-state index is 10.6. The van der Waals surface area contributed by atoms with Crippen LogP contribution in [0.15, 0.2) is 0 Å². The third-order valence-corrected chi connectivity index (χ3v) is 2.04. The summed E-state index contributed by atoms with van der Waals surface area (Å²) in [5, 5.41) is 22.8. The Morgan fingerprint density at radius 2 is 1.10 bits per heavy atom. The number of hydrogen-bond donors (Lipinski definition) is 4. The minimum atomic E-state index is -1.30. The molecule has 2 amide bonds. The molecule has 0 aromatic heterocycles. The molecule has 21 heavy (non-hydrogen) atoms. The molecule has 0 aromatic rings. The average molecular weight is 388 g/mol. The summed E-state index contributed by atoms with van der Waals surface area (Å²) in [6.45, 7) is 2.19. The molecule has 125 valence electrons. The number of thiol groups is 2. The van der Waals surface area contributed by atoms with Gasteiger partial charge in [-0.15, -0.1) is 0 Å². The fourth-order valence-corrected chi connectivity index (χ4v) is 0.797. The van der Waals surface area contributed by atoms with Gasteiger partial charge in [0, 0.05) is 0 Å². The zero-order valence-electron chi connectivity index (χ0n) is 11.2. The van der Waals surface area contributed by atoms with Crippen LogP contribution < -0.4 is 20.8 Å². The fourth-order valence-electron chi connectivity index (χ4n) is 0.614. The molecule has 2 N–H and O–H groups in total. The number of rotatable bonds is 6. The molecule has 0 aliphatic heterocycles. The van der Waals surface area contributed by atoms with Gasteiger partial charge in [0.05, 0.1) is 35.5 Å². The fraction of sp³-hybridized carbons (Fsp3) is 0.600. The van der Waals surface area contributed by atoms with E-state index in [-0.39, 0.29) is 17.1 Å². The van der Waals surface area contributed by atoms with Crippen LogP contribution in [-0.4, -0.2) is 47.3 Å². The topological polar surface area (TPSA) is 138 Å². The minimum Gasteiger partial charge on any atom is -0.548 e. The molecule has 11 heteroatoms. The summed E-state index contributed by atoms with van der Waals surface area (Å²) in [7, 11) is 0. The monoisotopic (exact) mass is 387 g/mol. The molecular formula is C10H16CuN2O6S2. The second kappa shape index (κ2) is 14.1. The molecule has 0 bridgehead atoms. The normalized spacial score (nSPS) is 11.6. The maximum Gasteiger partial charge on any atom is 2.00 e. The van der Waals surface area contributed by atoms with Crippen molar-refractivity contribution in [3.05, 3.63) is 0 Å². The van der Waals surface area contributed by atoms with Gasteiger partial charge in [0.15, 0.2) is 0 Å². The summed E-state index contributed by atoms with van der Waals surface area (Å²) in [5.41, 5.74) is 0. The van der Waals surface area contributed by atoms with Gasteiger partial charge in [-0.3, -0.25) is 9.59 Å². The van der Waals surface area contributed by atoms with E-state index in [9.17, 15) is 29.4 Å². The van der Waals surface area contributed by atoms with Crippen molar-refractivity contribution in [2.24, 2.45) is 0 Å². The van der Waals surface area contributed by atoms with Crippen molar-refractivity contribution in [2.75, 3.05) is 13.1 Å². The summed E-state index contributed by atoms with van der Waals surface area (Å²) in [6.07, 6.45) is 0. The number of nitrogens with one attached hydrogen (secondary N) is 2. The number of carboxylic acid groups (broad SMARTS) is 2. The molecule has 2 unspecified atom stereocenters. The van der Waals surface area contributed by atoms with Gasteiger partial charge in [0.25, 0.3) is 0 Å². The van der Waals surface area contributed by atoms with E-state index in [1.807, 2.05) is 0 Å². The predicted molar refractivity (Wildman–Crippen MR) is 72.9 cm³/mol. The number of carbonyl (C=O) groups is 4. The van der Waals surface area contributed by atoms with Gasteiger partial charge in [-0.05, 0) is 13.8 Å². The standard InChI is InChI=1S/2C5H9NO3S.Cu/c2*1-3(10)5(9)6-2-4(7)8;/h2*3,10H,2H2,1H3,(H,6,9)(H,7,8);/q;;+2/p-2. The summed E-state index contributed by atoms with van der Waals surface area (Å²) in [5.74, 6) is -3.43. The third kappa shape index (κ3) is 19.1. The molecule has 0 fully saturated rings. The Morgan fingerprint density at radius 3 is 1.24 bits per heavy atom. The van der Waals surface area contributed by atoms with E-state index in [4.69, 9.17) is 0 Å². The summed E-state index contributed by atoms with van der Waals surface area (Å²) >= 11 is 7.54. The van der Waals surface area contributed by atoms with Gasteiger partial charge >= 0.3 is 17.1 Å². The van der Waals surface area contributed by atoms with Crippen LogP contribution in [0.2, 0.25) is 0 Å². The Kier molecular flexibility index (Phi) is 16.8. The van der Waals surface area contributed by atoms with Crippen LogP contribution in [-0.2, 0) is 36.2 Å². The van der Waals surface area contributed by atoms with Crippen molar-refractivity contribution >= 4 is 49.0 Å². The molecule has 0 saturated carbocycles. The van der Waals surface area contributed by atoms with Crippen molar-refractivity contribution in [3.8, 4) is 0 Å². The SMILES string of the molecule is CC(S)C(=O)NCC(=O)[O-].CC(S)C(=O)NCC(=O)[O-].[Cu+2]. The molecular weight excluding hydrogens is 372 g/mol. The van der Waals surface area contributed by atoms with Gasteiger partial charge in [-0.25, -0.2) is 0 Å². The Balaban J connectivity index is -0.000000295. The molecule has 0 aliphatic rings. The molecule has 2 atom stereocenters. The second-order valence-electron chi connectivity index (χ2n) is 3.53. The third-order valence-electron chi connectivity index (χ3n) is 1.57. The van der Waals surface area contributed by atoms with Crippen molar-refractivity contribution in [1.82, 2.24) is 10.6 Å². The van der Waals surface area contributed by atoms with Crippen LogP contribution >= 0.6 is 25.3 Å². The Morgan fingerprint density at radius 1 is 0.857 bits per heavy atom. The van der Waals surface area contributed by atoms with Gasteiger partial charge in [-0.1, -0.05) is 0 Å². The van der Waals surface area contributed by atoms with E-state index in [2.05, 4.69) is 35.9 Å². The van der Waals surface area contributed by atoms with E-state index in [0.29, 0.717) is 0 Å². The molecule has 8 nitrogen and oxygen atoms in total. The summed E-state index contributed by atoms with van der Waals surface area (Å²) in [4.78, 5) is 40.7. The Hall–Kier alpha value is -0.901. The quantitative estimate of drug-likeness (QED) is 0.274. The van der Waals surface area contributed by atoms with E-state index in [1.165, 1.54) is 0 Å². The van der Waals surface area contributed by atoms with Crippen molar-refractivity contribution in [2.45, 2.75) is 24.3 Å². The van der Waals surface area contributed by atoms with Crippen LogP contribution in [0.3, 0.4) is 0 Å². The second-order valence-corrected chi connectivity index (χ2v) is 5.08. The van der Waals surface area contributed by atoms with Crippen LogP contribution in [0.4, 0.5) is 0 Å². The molecule has 0 heterocycles. The number of carbonyl (C=O) groups excluding carboxylic acids is 4. The number of hydrogen-bond acceptors (Lipinski definition) is 8. The first-order valence-electron chi connectivity index (χ1n) is 5.39. The van der Waals surface area contributed by atoms with Crippen LogP contribution in [0, 0.1) is 0 Å². The Labute approximate surface area is 143 Å². The predicted octanol–water partition coefficient (Wildman–Crippen LogP) is -3.66. The van der Waals surface area contributed by atoms with E-state index >= 15 is 0 Å². The number of amides is 2. The smallest absolute Gasteiger partial charge is 0.548 e. The zero-order chi connectivity index (χ0) is 16.3. The van der Waals surface area contributed by atoms with Crippen molar-refractivity contribution < 1.29 is 46.5 Å². The molecule has 0 rings (SSSR count). The van der Waals surface area contributed by atoms with E-state index in [1.54, 1.807) is 13.8 Å². The van der Waals surface area contributed by atoms with Crippen LogP contribution in [0.25, 0.3) is 0 Å². The van der Waals surface area contributed by atoms with Gasteiger partial charge in [-0.2, -0.15) is 25.3 Å². The first kappa shape index (κ1) is 25.1.